The molecule has 0 aromatic carbocycles. The van der Waals surface area contributed by atoms with E-state index in [-0.39, 0.29) is 0 Å². The summed E-state index contributed by atoms with van der Waals surface area (Å²) in [6.07, 6.45) is 2.79. The molecule has 2 bridgehead atoms. The first-order valence-corrected chi connectivity index (χ1v) is 7.68. The van der Waals surface area contributed by atoms with E-state index in [1.165, 1.54) is 71.7 Å². The summed E-state index contributed by atoms with van der Waals surface area (Å²) in [5.74, 6) is 0.936. The minimum atomic E-state index is 0.802. The van der Waals surface area contributed by atoms with Gasteiger partial charge in [0.1, 0.15) is 0 Å². The fraction of sp³-hybridized carbons (Fsp3) is 1.00. The zero-order valence-electron chi connectivity index (χ0n) is 11.8. The van der Waals surface area contributed by atoms with Gasteiger partial charge in [-0.25, -0.2) is 0 Å². The van der Waals surface area contributed by atoms with E-state index in [4.69, 9.17) is 0 Å². The molecule has 3 rings (SSSR count). The monoisotopic (exact) mass is 252 g/mol. The van der Waals surface area contributed by atoms with Gasteiger partial charge in [-0.05, 0) is 38.9 Å². The zero-order valence-corrected chi connectivity index (χ0v) is 11.8. The van der Waals surface area contributed by atoms with Crippen molar-refractivity contribution in [1.82, 2.24) is 20.0 Å². The third-order valence-corrected chi connectivity index (χ3v) is 5.06. The van der Waals surface area contributed by atoms with Gasteiger partial charge in [0.15, 0.2) is 0 Å². The SMILES string of the molecule is CN1CCN(CCNC2CCN3CCC2C3)CC1. The number of piperazine rings is 1. The standard InChI is InChI=1S/C14H28N4/c1-16-8-10-17(11-9-16)7-4-15-14-3-6-18-5-2-13(14)12-18/h13-15H,2-12H2,1H3. The topological polar surface area (TPSA) is 21.8 Å². The first kappa shape index (κ1) is 12.9. The average Bonchev–Trinajstić information content (AvgIpc) is 2.77. The molecule has 3 atom stereocenters. The van der Waals surface area contributed by atoms with E-state index >= 15 is 0 Å². The van der Waals surface area contributed by atoms with Gasteiger partial charge in [-0.3, -0.25) is 4.90 Å². The van der Waals surface area contributed by atoms with Crippen LogP contribution in [0.25, 0.3) is 0 Å². The third kappa shape index (κ3) is 3.05. The molecule has 0 spiro atoms. The predicted octanol–water partition coefficient (Wildman–Crippen LogP) is -0.0824. The lowest BCUT2D eigenvalue weighted by molar-refractivity contribution is 0.149. The van der Waals surface area contributed by atoms with Gasteiger partial charge in [-0.15, -0.1) is 0 Å². The van der Waals surface area contributed by atoms with Crippen LogP contribution in [0.3, 0.4) is 0 Å². The summed E-state index contributed by atoms with van der Waals surface area (Å²) >= 11 is 0. The first-order valence-electron chi connectivity index (χ1n) is 7.68. The minimum absolute atomic E-state index is 0.802. The number of likely N-dealkylation sites (N-methyl/N-ethyl adjacent to an activating group) is 1. The van der Waals surface area contributed by atoms with Gasteiger partial charge >= 0.3 is 0 Å². The van der Waals surface area contributed by atoms with Crippen LogP contribution >= 0.6 is 0 Å². The molecule has 0 aromatic rings. The Bertz CT molecular complexity index is 263. The van der Waals surface area contributed by atoms with Crippen molar-refractivity contribution in [3.63, 3.8) is 0 Å². The number of nitrogens with one attached hydrogen (secondary N) is 1. The van der Waals surface area contributed by atoms with E-state index in [0.717, 1.165) is 12.0 Å². The Hall–Kier alpha value is -0.160. The van der Waals surface area contributed by atoms with Crippen LogP contribution in [-0.4, -0.2) is 86.7 Å². The van der Waals surface area contributed by atoms with Crippen LogP contribution in [0.2, 0.25) is 0 Å². The molecule has 3 aliphatic heterocycles. The first-order chi connectivity index (χ1) is 8.81. The molecular weight excluding hydrogens is 224 g/mol. The maximum Gasteiger partial charge on any atom is 0.0121 e. The van der Waals surface area contributed by atoms with Crippen LogP contribution < -0.4 is 5.32 Å². The fourth-order valence-corrected chi connectivity index (χ4v) is 3.70. The van der Waals surface area contributed by atoms with Crippen molar-refractivity contribution >= 4 is 0 Å². The molecule has 4 nitrogen and oxygen atoms in total. The van der Waals surface area contributed by atoms with Crippen molar-refractivity contribution in [1.29, 1.82) is 0 Å². The Balaban J connectivity index is 1.34. The molecule has 3 heterocycles. The van der Waals surface area contributed by atoms with Gasteiger partial charge in [0.25, 0.3) is 0 Å². The summed E-state index contributed by atoms with van der Waals surface area (Å²) < 4.78 is 0. The lowest BCUT2D eigenvalue weighted by atomic mass is 9.94. The maximum atomic E-state index is 3.83. The second kappa shape index (κ2) is 5.87. The fourth-order valence-electron chi connectivity index (χ4n) is 3.70. The van der Waals surface area contributed by atoms with Crippen molar-refractivity contribution in [2.45, 2.75) is 18.9 Å². The number of nitrogens with zero attached hydrogens (tertiary/aromatic N) is 3. The summed E-state index contributed by atoms with van der Waals surface area (Å²) in [6, 6.07) is 0.802. The zero-order chi connectivity index (χ0) is 12.4. The van der Waals surface area contributed by atoms with E-state index in [1.807, 2.05) is 0 Å². The summed E-state index contributed by atoms with van der Waals surface area (Å²) in [5, 5.41) is 3.83. The molecule has 0 aliphatic carbocycles. The van der Waals surface area contributed by atoms with Gasteiger partial charge in [0, 0.05) is 51.9 Å². The van der Waals surface area contributed by atoms with Gasteiger partial charge in [-0.1, -0.05) is 0 Å². The molecule has 0 aromatic heterocycles. The van der Waals surface area contributed by atoms with Crippen molar-refractivity contribution < 1.29 is 0 Å². The van der Waals surface area contributed by atoms with E-state index in [9.17, 15) is 0 Å². The van der Waals surface area contributed by atoms with E-state index in [0.29, 0.717) is 0 Å². The molecule has 0 radical (unpaired) electrons. The highest BCUT2D eigenvalue weighted by Gasteiger charge is 2.33. The number of rotatable bonds is 4. The number of fused-ring (bicyclic) bond motifs is 2. The van der Waals surface area contributed by atoms with Crippen LogP contribution in [0.1, 0.15) is 12.8 Å². The van der Waals surface area contributed by atoms with Gasteiger partial charge < -0.3 is 15.1 Å². The number of hydrogen-bond donors (Lipinski definition) is 1. The van der Waals surface area contributed by atoms with Crippen LogP contribution in [0.15, 0.2) is 0 Å². The van der Waals surface area contributed by atoms with Crippen LogP contribution in [-0.2, 0) is 0 Å². The molecule has 104 valence electrons. The molecule has 0 saturated carbocycles. The smallest absolute Gasteiger partial charge is 0.0121 e. The van der Waals surface area contributed by atoms with Gasteiger partial charge in [0.2, 0.25) is 0 Å². The quantitative estimate of drug-likeness (QED) is 0.755. The Kier molecular flexibility index (Phi) is 4.19. The normalized spacial score (nSPS) is 38.2. The summed E-state index contributed by atoms with van der Waals surface area (Å²) in [4.78, 5) is 7.66. The van der Waals surface area contributed by atoms with Crippen molar-refractivity contribution in [3.05, 3.63) is 0 Å². The second-order valence-electron chi connectivity index (χ2n) is 6.34. The number of piperidine rings is 1. The molecule has 3 fully saturated rings. The summed E-state index contributed by atoms with van der Waals surface area (Å²) in [6.45, 7) is 11.4. The van der Waals surface area contributed by atoms with E-state index < -0.39 is 0 Å². The largest absolute Gasteiger partial charge is 0.312 e. The highest BCUT2D eigenvalue weighted by molar-refractivity contribution is 4.90. The molecular formula is C14H28N4. The Morgan fingerprint density at radius 2 is 1.78 bits per heavy atom. The highest BCUT2D eigenvalue weighted by atomic mass is 15.3. The summed E-state index contributed by atoms with van der Waals surface area (Å²) in [5.41, 5.74) is 0. The molecule has 1 N–H and O–H groups in total. The minimum Gasteiger partial charge on any atom is -0.312 e. The van der Waals surface area contributed by atoms with Crippen LogP contribution in [0.5, 0.6) is 0 Å². The van der Waals surface area contributed by atoms with Crippen molar-refractivity contribution in [2.24, 2.45) is 5.92 Å². The maximum absolute atomic E-state index is 3.83. The van der Waals surface area contributed by atoms with Crippen LogP contribution in [0.4, 0.5) is 0 Å². The second-order valence-corrected chi connectivity index (χ2v) is 6.34. The molecule has 0 amide bonds. The van der Waals surface area contributed by atoms with E-state index in [2.05, 4.69) is 27.1 Å². The third-order valence-electron chi connectivity index (χ3n) is 5.06. The molecule has 3 aliphatic rings. The average molecular weight is 252 g/mol. The highest BCUT2D eigenvalue weighted by Crippen LogP contribution is 2.26. The molecule has 4 heteroatoms. The Morgan fingerprint density at radius 1 is 1.00 bits per heavy atom. The van der Waals surface area contributed by atoms with Gasteiger partial charge in [-0.2, -0.15) is 0 Å². The van der Waals surface area contributed by atoms with Crippen molar-refractivity contribution in [2.75, 3.05) is 66.0 Å². The summed E-state index contributed by atoms with van der Waals surface area (Å²) in [7, 11) is 2.23. The lowest BCUT2D eigenvalue weighted by Crippen LogP contribution is -2.49. The predicted molar refractivity (Wildman–Crippen MR) is 74.9 cm³/mol. The van der Waals surface area contributed by atoms with Crippen molar-refractivity contribution in [3.8, 4) is 0 Å². The Labute approximate surface area is 111 Å². The lowest BCUT2D eigenvalue weighted by Gasteiger charge is -2.34. The Morgan fingerprint density at radius 3 is 2.61 bits per heavy atom. The van der Waals surface area contributed by atoms with E-state index in [1.54, 1.807) is 0 Å². The molecule has 18 heavy (non-hydrogen) atoms. The van der Waals surface area contributed by atoms with Crippen LogP contribution in [0, 0.1) is 5.92 Å². The van der Waals surface area contributed by atoms with Gasteiger partial charge in [0.05, 0.1) is 0 Å². The molecule has 3 unspecified atom stereocenters. The number of hydrogen-bond acceptors (Lipinski definition) is 4. The molecule has 3 saturated heterocycles.